The van der Waals surface area contributed by atoms with Gasteiger partial charge in [0.05, 0.1) is 0 Å². The third-order valence-corrected chi connectivity index (χ3v) is 3.94. The van der Waals surface area contributed by atoms with Gasteiger partial charge in [-0.3, -0.25) is 14.4 Å². The number of carbonyl (C=O) groups is 3. The molecule has 0 radical (unpaired) electrons. The maximum Gasteiger partial charge on any atom is 0.251 e. The number of nitrogens with zero attached hydrogens (tertiary/aromatic N) is 1. The highest BCUT2D eigenvalue weighted by Gasteiger charge is 2.23. The number of likely N-dealkylation sites (tertiary alicyclic amines) is 1. The SMILES string of the molecule is Cc1ccc(C(=O)NCCC(=O)NC2CCC(=O)N(C)C2)cc1. The molecule has 6 heteroatoms. The number of nitrogens with one attached hydrogen (secondary N) is 2. The van der Waals surface area contributed by atoms with Gasteiger partial charge in [0.25, 0.3) is 5.91 Å². The molecule has 124 valence electrons. The fraction of sp³-hybridized carbons (Fsp3) is 0.471. The number of carbonyl (C=O) groups excluding carboxylic acids is 3. The predicted octanol–water partition coefficient (Wildman–Crippen LogP) is 0.852. The lowest BCUT2D eigenvalue weighted by Crippen LogP contribution is -2.48. The smallest absolute Gasteiger partial charge is 0.251 e. The molecule has 1 unspecified atom stereocenters. The van der Waals surface area contributed by atoms with Crippen LogP contribution in [0.3, 0.4) is 0 Å². The van der Waals surface area contributed by atoms with Gasteiger partial charge in [0.2, 0.25) is 11.8 Å². The molecule has 2 rings (SSSR count). The van der Waals surface area contributed by atoms with Gasteiger partial charge in [-0.1, -0.05) is 17.7 Å². The molecule has 2 N–H and O–H groups in total. The highest BCUT2D eigenvalue weighted by Crippen LogP contribution is 2.09. The topological polar surface area (TPSA) is 78.5 Å². The van der Waals surface area contributed by atoms with Crippen LogP contribution in [-0.4, -0.2) is 48.8 Å². The maximum atomic E-state index is 11.9. The summed E-state index contributed by atoms with van der Waals surface area (Å²) in [7, 11) is 1.74. The van der Waals surface area contributed by atoms with E-state index in [1.54, 1.807) is 24.1 Å². The van der Waals surface area contributed by atoms with Crippen LogP contribution in [0.25, 0.3) is 0 Å². The van der Waals surface area contributed by atoms with Gasteiger partial charge in [-0.2, -0.15) is 0 Å². The first-order valence-corrected chi connectivity index (χ1v) is 7.84. The quantitative estimate of drug-likeness (QED) is 0.845. The average Bonchev–Trinajstić information content (AvgIpc) is 2.51. The summed E-state index contributed by atoms with van der Waals surface area (Å²) in [6.07, 6.45) is 1.36. The Bertz CT molecular complexity index is 583. The van der Waals surface area contributed by atoms with E-state index in [0.29, 0.717) is 31.5 Å². The van der Waals surface area contributed by atoms with Crippen molar-refractivity contribution in [3.63, 3.8) is 0 Å². The van der Waals surface area contributed by atoms with Crippen LogP contribution in [0.4, 0.5) is 0 Å². The van der Waals surface area contributed by atoms with Gasteiger partial charge in [-0.15, -0.1) is 0 Å². The molecule has 3 amide bonds. The predicted molar refractivity (Wildman–Crippen MR) is 86.9 cm³/mol. The van der Waals surface area contributed by atoms with Gasteiger partial charge in [-0.05, 0) is 25.5 Å². The number of amides is 3. The van der Waals surface area contributed by atoms with Crippen molar-refractivity contribution in [2.75, 3.05) is 20.1 Å². The van der Waals surface area contributed by atoms with E-state index in [2.05, 4.69) is 10.6 Å². The molecule has 0 saturated carbocycles. The third-order valence-electron chi connectivity index (χ3n) is 3.94. The first-order valence-electron chi connectivity index (χ1n) is 7.84. The molecule has 1 fully saturated rings. The first-order chi connectivity index (χ1) is 11.0. The van der Waals surface area contributed by atoms with Crippen LogP contribution in [0, 0.1) is 6.92 Å². The van der Waals surface area contributed by atoms with Crippen LogP contribution in [0.1, 0.15) is 35.2 Å². The summed E-state index contributed by atoms with van der Waals surface area (Å²) in [5.41, 5.74) is 1.68. The Morgan fingerprint density at radius 2 is 1.96 bits per heavy atom. The fourth-order valence-electron chi connectivity index (χ4n) is 2.53. The van der Waals surface area contributed by atoms with Crippen LogP contribution in [0.5, 0.6) is 0 Å². The van der Waals surface area contributed by atoms with Crippen molar-refractivity contribution in [3.8, 4) is 0 Å². The van der Waals surface area contributed by atoms with Crippen molar-refractivity contribution in [1.82, 2.24) is 15.5 Å². The second-order valence-corrected chi connectivity index (χ2v) is 5.95. The Labute approximate surface area is 136 Å². The molecule has 0 bridgehead atoms. The second kappa shape index (κ2) is 7.76. The average molecular weight is 317 g/mol. The lowest BCUT2D eigenvalue weighted by molar-refractivity contribution is -0.134. The minimum Gasteiger partial charge on any atom is -0.352 e. The van der Waals surface area contributed by atoms with Crippen LogP contribution in [0.2, 0.25) is 0 Å². The maximum absolute atomic E-state index is 11.9. The van der Waals surface area contributed by atoms with E-state index < -0.39 is 0 Å². The zero-order valence-electron chi connectivity index (χ0n) is 13.6. The van der Waals surface area contributed by atoms with E-state index in [0.717, 1.165) is 5.56 Å². The summed E-state index contributed by atoms with van der Waals surface area (Å²) in [4.78, 5) is 36.8. The molecule has 6 nitrogen and oxygen atoms in total. The minimum atomic E-state index is -0.180. The van der Waals surface area contributed by atoms with E-state index in [4.69, 9.17) is 0 Å². The van der Waals surface area contributed by atoms with E-state index in [1.807, 2.05) is 19.1 Å². The second-order valence-electron chi connectivity index (χ2n) is 5.95. The number of likely N-dealkylation sites (N-methyl/N-ethyl adjacent to an activating group) is 1. The molecule has 1 atom stereocenters. The summed E-state index contributed by atoms with van der Waals surface area (Å²) in [6.45, 7) is 2.79. The zero-order valence-corrected chi connectivity index (χ0v) is 13.6. The molecular weight excluding hydrogens is 294 g/mol. The van der Waals surface area contributed by atoms with Gasteiger partial charge in [0.15, 0.2) is 0 Å². The van der Waals surface area contributed by atoms with E-state index in [9.17, 15) is 14.4 Å². The van der Waals surface area contributed by atoms with Crippen molar-refractivity contribution < 1.29 is 14.4 Å². The Balaban J connectivity index is 1.69. The Morgan fingerprint density at radius 1 is 1.26 bits per heavy atom. The van der Waals surface area contributed by atoms with E-state index >= 15 is 0 Å². The number of aryl methyl sites for hydroxylation is 1. The molecular formula is C17H23N3O3. The number of hydrogen-bond acceptors (Lipinski definition) is 3. The largest absolute Gasteiger partial charge is 0.352 e. The Morgan fingerprint density at radius 3 is 2.61 bits per heavy atom. The van der Waals surface area contributed by atoms with Crippen molar-refractivity contribution in [3.05, 3.63) is 35.4 Å². The van der Waals surface area contributed by atoms with Crippen molar-refractivity contribution in [2.45, 2.75) is 32.2 Å². The van der Waals surface area contributed by atoms with Gasteiger partial charge in [-0.25, -0.2) is 0 Å². The molecule has 1 aliphatic rings. The highest BCUT2D eigenvalue weighted by molar-refractivity contribution is 5.94. The first kappa shape index (κ1) is 17.0. The van der Waals surface area contributed by atoms with Crippen LogP contribution in [-0.2, 0) is 9.59 Å². The van der Waals surface area contributed by atoms with E-state index in [-0.39, 0.29) is 30.2 Å². The molecule has 23 heavy (non-hydrogen) atoms. The fourth-order valence-corrected chi connectivity index (χ4v) is 2.53. The normalized spacial score (nSPS) is 17.7. The third kappa shape index (κ3) is 5.09. The van der Waals surface area contributed by atoms with Crippen LogP contribution >= 0.6 is 0 Å². The molecule has 1 aliphatic heterocycles. The monoisotopic (exact) mass is 317 g/mol. The summed E-state index contributed by atoms with van der Waals surface area (Å²) in [5.74, 6) is -0.177. The standard InChI is InChI=1S/C17H23N3O3/c1-12-3-5-13(6-4-12)17(23)18-10-9-15(21)19-14-7-8-16(22)20(2)11-14/h3-6,14H,7-11H2,1-2H3,(H,18,23)(H,19,21). The van der Waals surface area contributed by atoms with Crippen molar-refractivity contribution in [1.29, 1.82) is 0 Å². The number of hydrogen-bond donors (Lipinski definition) is 2. The summed E-state index contributed by atoms with van der Waals surface area (Å²) in [6, 6.07) is 7.28. The van der Waals surface area contributed by atoms with E-state index in [1.165, 1.54) is 0 Å². The number of piperidine rings is 1. The van der Waals surface area contributed by atoms with Crippen LogP contribution < -0.4 is 10.6 Å². The molecule has 0 aliphatic carbocycles. The molecule has 0 spiro atoms. The summed E-state index contributed by atoms with van der Waals surface area (Å²) in [5, 5.41) is 5.64. The Hall–Kier alpha value is -2.37. The van der Waals surface area contributed by atoms with Crippen molar-refractivity contribution >= 4 is 17.7 Å². The number of benzene rings is 1. The minimum absolute atomic E-state index is 0.00185. The van der Waals surface area contributed by atoms with Crippen LogP contribution in [0.15, 0.2) is 24.3 Å². The molecule has 0 aromatic heterocycles. The van der Waals surface area contributed by atoms with Gasteiger partial charge in [0, 0.05) is 44.6 Å². The summed E-state index contributed by atoms with van der Waals surface area (Å²) < 4.78 is 0. The van der Waals surface area contributed by atoms with Gasteiger partial charge in [0.1, 0.15) is 0 Å². The van der Waals surface area contributed by atoms with Gasteiger partial charge >= 0.3 is 0 Å². The molecule has 1 saturated heterocycles. The summed E-state index contributed by atoms with van der Waals surface area (Å²) >= 11 is 0. The molecule has 1 aromatic rings. The van der Waals surface area contributed by atoms with Gasteiger partial charge < -0.3 is 15.5 Å². The number of rotatable bonds is 5. The zero-order chi connectivity index (χ0) is 16.8. The lowest BCUT2D eigenvalue weighted by atomic mass is 10.1. The molecule has 1 heterocycles. The lowest BCUT2D eigenvalue weighted by Gasteiger charge is -2.30. The Kier molecular flexibility index (Phi) is 5.73. The van der Waals surface area contributed by atoms with Crippen molar-refractivity contribution in [2.24, 2.45) is 0 Å². The highest BCUT2D eigenvalue weighted by atomic mass is 16.2. The molecule has 1 aromatic carbocycles.